The summed E-state index contributed by atoms with van der Waals surface area (Å²) in [6, 6.07) is 1.25. The predicted octanol–water partition coefficient (Wildman–Crippen LogP) is 2.51. The Kier molecular flexibility index (Phi) is 6.27. The molecule has 1 unspecified atom stereocenters. The Morgan fingerprint density at radius 3 is 2.67 bits per heavy atom. The fourth-order valence-corrected chi connectivity index (χ4v) is 2.45. The highest BCUT2D eigenvalue weighted by Gasteiger charge is 2.29. The molecule has 1 aromatic heterocycles. The lowest BCUT2D eigenvalue weighted by Crippen LogP contribution is -2.45. The molecule has 0 radical (unpaired) electrons. The molecule has 6 heteroatoms. The second kappa shape index (κ2) is 8.01. The molecule has 0 amide bonds. The van der Waals surface area contributed by atoms with E-state index in [-0.39, 0.29) is 5.41 Å². The van der Waals surface area contributed by atoms with Gasteiger partial charge in [0.2, 0.25) is 5.89 Å². The summed E-state index contributed by atoms with van der Waals surface area (Å²) < 4.78 is 5.80. The average Bonchev–Trinajstić information content (AvgIpc) is 3.25. The fraction of sp³-hybridized carbons (Fsp3) is 0.778. The third-order valence-electron chi connectivity index (χ3n) is 4.39. The van der Waals surface area contributed by atoms with Gasteiger partial charge in [-0.05, 0) is 33.7 Å². The monoisotopic (exact) mass is 335 g/mol. The number of nitrogens with zero attached hydrogens (tertiary/aromatic N) is 3. The van der Waals surface area contributed by atoms with Crippen LogP contribution in [0.1, 0.15) is 59.1 Å². The average molecular weight is 335 g/mol. The number of guanidine groups is 1. The molecule has 6 nitrogen and oxygen atoms in total. The lowest BCUT2D eigenvalue weighted by molar-refractivity contribution is 0.247. The number of hydrogen-bond donors (Lipinski definition) is 2. The number of oxazole rings is 1. The van der Waals surface area contributed by atoms with Crippen LogP contribution in [0.2, 0.25) is 0 Å². The molecule has 1 fully saturated rings. The van der Waals surface area contributed by atoms with Crippen molar-refractivity contribution in [2.75, 3.05) is 20.1 Å². The van der Waals surface area contributed by atoms with Crippen molar-refractivity contribution in [3.05, 3.63) is 17.8 Å². The molecular formula is C18H33N5O. The molecule has 1 heterocycles. The second-order valence-corrected chi connectivity index (χ2v) is 7.69. The summed E-state index contributed by atoms with van der Waals surface area (Å²) in [5.41, 5.74) is -0.0272. The van der Waals surface area contributed by atoms with Gasteiger partial charge in [0.05, 0.1) is 6.20 Å². The summed E-state index contributed by atoms with van der Waals surface area (Å²) in [4.78, 5) is 11.4. The minimum atomic E-state index is -0.0272. The minimum absolute atomic E-state index is 0.0272. The first-order chi connectivity index (χ1) is 11.3. The molecule has 1 aromatic rings. The number of rotatable bonds is 7. The van der Waals surface area contributed by atoms with Crippen LogP contribution in [0.4, 0.5) is 0 Å². The van der Waals surface area contributed by atoms with Crippen molar-refractivity contribution >= 4 is 5.96 Å². The number of hydrogen-bond acceptors (Lipinski definition) is 4. The first-order valence-corrected chi connectivity index (χ1v) is 9.00. The molecule has 2 N–H and O–H groups in total. The van der Waals surface area contributed by atoms with Gasteiger partial charge in [0.1, 0.15) is 12.3 Å². The molecule has 0 spiro atoms. The smallest absolute Gasteiger partial charge is 0.216 e. The van der Waals surface area contributed by atoms with Crippen molar-refractivity contribution < 1.29 is 4.42 Å². The van der Waals surface area contributed by atoms with Gasteiger partial charge in [0, 0.05) is 30.6 Å². The number of nitrogens with one attached hydrogen (secondary N) is 2. The fourth-order valence-electron chi connectivity index (χ4n) is 2.45. The van der Waals surface area contributed by atoms with Crippen LogP contribution in [-0.4, -0.2) is 48.1 Å². The normalized spacial score (nSPS) is 17.2. The molecule has 136 valence electrons. The lowest BCUT2D eigenvalue weighted by atomic mass is 9.94. The summed E-state index contributed by atoms with van der Waals surface area (Å²) in [5.74, 6) is 2.36. The van der Waals surface area contributed by atoms with E-state index in [1.54, 1.807) is 6.20 Å². The molecule has 1 saturated carbocycles. The van der Waals surface area contributed by atoms with E-state index in [9.17, 15) is 0 Å². The topological polar surface area (TPSA) is 65.7 Å². The first kappa shape index (κ1) is 18.8. The Balaban J connectivity index is 1.88. The van der Waals surface area contributed by atoms with E-state index in [1.165, 1.54) is 12.8 Å². The summed E-state index contributed by atoms with van der Waals surface area (Å²) in [6.07, 6.45) is 4.46. The summed E-state index contributed by atoms with van der Waals surface area (Å²) in [7, 11) is 2.20. The highest BCUT2D eigenvalue weighted by Crippen LogP contribution is 2.26. The van der Waals surface area contributed by atoms with Gasteiger partial charge in [-0.1, -0.05) is 20.8 Å². The predicted molar refractivity (Wildman–Crippen MR) is 98.3 cm³/mol. The van der Waals surface area contributed by atoms with Crippen LogP contribution in [0.25, 0.3) is 0 Å². The van der Waals surface area contributed by atoms with Gasteiger partial charge in [-0.25, -0.2) is 9.98 Å². The van der Waals surface area contributed by atoms with E-state index in [0.29, 0.717) is 18.5 Å². The van der Waals surface area contributed by atoms with Crippen LogP contribution in [0, 0.1) is 0 Å². The van der Waals surface area contributed by atoms with Gasteiger partial charge >= 0.3 is 0 Å². The van der Waals surface area contributed by atoms with E-state index in [1.807, 2.05) is 0 Å². The highest BCUT2D eigenvalue weighted by atomic mass is 16.4. The van der Waals surface area contributed by atoms with Gasteiger partial charge in [-0.3, -0.25) is 4.90 Å². The van der Waals surface area contributed by atoms with Gasteiger partial charge in [0.15, 0.2) is 5.96 Å². The van der Waals surface area contributed by atoms with E-state index >= 15 is 0 Å². The quantitative estimate of drug-likeness (QED) is 0.592. The Labute approximate surface area is 146 Å². The zero-order valence-corrected chi connectivity index (χ0v) is 16.0. The molecule has 0 bridgehead atoms. The maximum absolute atomic E-state index is 5.80. The molecule has 1 aliphatic carbocycles. The second-order valence-electron chi connectivity index (χ2n) is 7.69. The molecule has 1 aliphatic rings. The lowest BCUT2D eigenvalue weighted by Gasteiger charge is -2.25. The number of aromatic nitrogens is 1. The zero-order chi connectivity index (χ0) is 17.7. The molecule has 0 aliphatic heterocycles. The zero-order valence-electron chi connectivity index (χ0n) is 16.0. The van der Waals surface area contributed by atoms with Gasteiger partial charge in [0.25, 0.3) is 0 Å². The van der Waals surface area contributed by atoms with Crippen LogP contribution in [-0.2, 0) is 12.0 Å². The third-order valence-corrected chi connectivity index (χ3v) is 4.39. The van der Waals surface area contributed by atoms with Crippen LogP contribution in [0.15, 0.2) is 15.6 Å². The van der Waals surface area contributed by atoms with E-state index in [4.69, 9.17) is 4.42 Å². The molecule has 1 atom stereocenters. The Bertz CT molecular complexity index is 542. The largest absolute Gasteiger partial charge is 0.443 e. The number of aliphatic imine (C=N–C) groups is 1. The van der Waals surface area contributed by atoms with Crippen molar-refractivity contribution in [3.8, 4) is 0 Å². The molecule has 0 saturated heterocycles. The van der Waals surface area contributed by atoms with Crippen molar-refractivity contribution in [2.24, 2.45) is 4.99 Å². The van der Waals surface area contributed by atoms with Crippen molar-refractivity contribution in [1.82, 2.24) is 20.5 Å². The Morgan fingerprint density at radius 2 is 2.12 bits per heavy atom. The minimum Gasteiger partial charge on any atom is -0.443 e. The SMILES string of the molecule is CCNC(=NCc1ncc(C(C)(C)C)o1)NCC(C)N(C)C1CC1. The molecular weight excluding hydrogens is 302 g/mol. The van der Waals surface area contributed by atoms with Crippen molar-refractivity contribution in [1.29, 1.82) is 0 Å². The van der Waals surface area contributed by atoms with Crippen molar-refractivity contribution in [3.63, 3.8) is 0 Å². The van der Waals surface area contributed by atoms with Crippen molar-refractivity contribution in [2.45, 2.75) is 71.5 Å². The van der Waals surface area contributed by atoms with Gasteiger partial charge in [-0.2, -0.15) is 0 Å². The highest BCUT2D eigenvalue weighted by molar-refractivity contribution is 5.79. The van der Waals surface area contributed by atoms with Crippen LogP contribution >= 0.6 is 0 Å². The van der Waals surface area contributed by atoms with Gasteiger partial charge < -0.3 is 15.1 Å². The van der Waals surface area contributed by atoms with E-state index in [0.717, 1.165) is 30.9 Å². The summed E-state index contributed by atoms with van der Waals surface area (Å²) in [5, 5.41) is 6.70. The van der Waals surface area contributed by atoms with E-state index in [2.05, 4.69) is 67.2 Å². The maximum atomic E-state index is 5.80. The van der Waals surface area contributed by atoms with Crippen LogP contribution in [0.5, 0.6) is 0 Å². The van der Waals surface area contributed by atoms with Crippen LogP contribution < -0.4 is 10.6 Å². The summed E-state index contributed by atoms with van der Waals surface area (Å²) in [6.45, 7) is 12.8. The summed E-state index contributed by atoms with van der Waals surface area (Å²) >= 11 is 0. The number of likely N-dealkylation sites (N-methyl/N-ethyl adjacent to an activating group) is 1. The first-order valence-electron chi connectivity index (χ1n) is 9.00. The standard InChI is InChI=1S/C18H33N5O/c1-7-19-17(21-10-13(2)23(6)14-8-9-14)22-12-16-20-11-15(24-16)18(3,4)5/h11,13-14H,7-10,12H2,1-6H3,(H2,19,21,22). The molecule has 0 aromatic carbocycles. The molecule has 24 heavy (non-hydrogen) atoms. The molecule has 2 rings (SSSR count). The Morgan fingerprint density at radius 1 is 1.42 bits per heavy atom. The Hall–Kier alpha value is -1.56. The van der Waals surface area contributed by atoms with E-state index < -0.39 is 0 Å². The van der Waals surface area contributed by atoms with Gasteiger partial charge in [-0.15, -0.1) is 0 Å². The van der Waals surface area contributed by atoms with Crippen LogP contribution in [0.3, 0.4) is 0 Å². The third kappa shape index (κ3) is 5.51. The maximum Gasteiger partial charge on any atom is 0.216 e.